The lowest BCUT2D eigenvalue weighted by molar-refractivity contribution is -0.125. The van der Waals surface area contributed by atoms with Gasteiger partial charge in [0.25, 0.3) is 0 Å². The quantitative estimate of drug-likeness (QED) is 0.915. The molecule has 0 aromatic heterocycles. The molecular weight excluding hydrogens is 302 g/mol. The standard InChI is InChI=1S/C20H23NO3/c1-23-15-16-6-5-9-18(14-16)21-19(22)20(10-12-24-13-11-20)17-7-3-2-4-8-17/h2-9,14H,10-13,15H2,1H3,(H,21,22). The average Bonchev–Trinajstić information content (AvgIpc) is 2.63. The predicted octanol–water partition coefficient (Wildman–Crippen LogP) is 3.52. The Morgan fingerprint density at radius 3 is 2.58 bits per heavy atom. The Hall–Kier alpha value is -2.17. The van der Waals surface area contributed by atoms with Crippen molar-refractivity contribution in [3.05, 3.63) is 65.7 Å². The summed E-state index contributed by atoms with van der Waals surface area (Å²) in [6, 6.07) is 17.8. The highest BCUT2D eigenvalue weighted by atomic mass is 16.5. The molecule has 2 aromatic carbocycles. The van der Waals surface area contributed by atoms with E-state index in [4.69, 9.17) is 9.47 Å². The first kappa shape index (κ1) is 16.7. The molecule has 1 aliphatic rings. The van der Waals surface area contributed by atoms with Crippen LogP contribution in [-0.4, -0.2) is 26.2 Å². The maximum atomic E-state index is 13.2. The molecule has 1 heterocycles. The summed E-state index contributed by atoms with van der Waals surface area (Å²) in [5.74, 6) is 0.0339. The van der Waals surface area contributed by atoms with Gasteiger partial charge in [0.15, 0.2) is 0 Å². The Labute approximate surface area is 142 Å². The molecule has 0 radical (unpaired) electrons. The minimum atomic E-state index is -0.531. The normalized spacial score (nSPS) is 16.5. The number of anilines is 1. The topological polar surface area (TPSA) is 47.6 Å². The van der Waals surface area contributed by atoms with E-state index >= 15 is 0 Å². The SMILES string of the molecule is COCc1cccc(NC(=O)C2(c3ccccc3)CCOCC2)c1. The summed E-state index contributed by atoms with van der Waals surface area (Å²) in [6.45, 7) is 1.74. The number of ether oxygens (including phenoxy) is 2. The molecule has 2 aromatic rings. The average molecular weight is 325 g/mol. The second-order valence-electron chi connectivity index (χ2n) is 6.15. The molecule has 4 nitrogen and oxygen atoms in total. The zero-order valence-corrected chi connectivity index (χ0v) is 14.0. The number of methoxy groups -OCH3 is 1. The number of amides is 1. The highest BCUT2D eigenvalue weighted by Crippen LogP contribution is 2.36. The van der Waals surface area contributed by atoms with Gasteiger partial charge in [0.05, 0.1) is 12.0 Å². The third kappa shape index (κ3) is 3.50. The number of hydrogen-bond donors (Lipinski definition) is 1. The van der Waals surface area contributed by atoms with Crippen molar-refractivity contribution >= 4 is 11.6 Å². The molecule has 1 aliphatic heterocycles. The summed E-state index contributed by atoms with van der Waals surface area (Å²) < 4.78 is 10.7. The van der Waals surface area contributed by atoms with E-state index in [1.165, 1.54) is 0 Å². The molecule has 1 N–H and O–H groups in total. The lowest BCUT2D eigenvalue weighted by Gasteiger charge is -2.36. The van der Waals surface area contributed by atoms with Gasteiger partial charge in [0.1, 0.15) is 0 Å². The predicted molar refractivity (Wildman–Crippen MR) is 94.0 cm³/mol. The fourth-order valence-corrected chi connectivity index (χ4v) is 3.28. The lowest BCUT2D eigenvalue weighted by Crippen LogP contribution is -2.44. The van der Waals surface area contributed by atoms with Crippen LogP contribution in [0.3, 0.4) is 0 Å². The van der Waals surface area contributed by atoms with Gasteiger partial charge in [-0.3, -0.25) is 4.79 Å². The van der Waals surface area contributed by atoms with Crippen molar-refractivity contribution in [3.63, 3.8) is 0 Å². The van der Waals surface area contributed by atoms with Crippen LogP contribution < -0.4 is 5.32 Å². The van der Waals surface area contributed by atoms with Gasteiger partial charge in [0.2, 0.25) is 5.91 Å². The molecule has 0 aliphatic carbocycles. The molecule has 126 valence electrons. The molecule has 0 unspecified atom stereocenters. The van der Waals surface area contributed by atoms with Crippen molar-refractivity contribution in [2.75, 3.05) is 25.6 Å². The van der Waals surface area contributed by atoms with Gasteiger partial charge >= 0.3 is 0 Å². The van der Waals surface area contributed by atoms with E-state index < -0.39 is 5.41 Å². The van der Waals surface area contributed by atoms with Crippen LogP contribution in [0.25, 0.3) is 0 Å². The summed E-state index contributed by atoms with van der Waals surface area (Å²) in [6.07, 6.45) is 1.39. The summed E-state index contributed by atoms with van der Waals surface area (Å²) in [4.78, 5) is 13.2. The second kappa shape index (κ2) is 7.60. The van der Waals surface area contributed by atoms with Crippen molar-refractivity contribution in [1.82, 2.24) is 0 Å². The third-order valence-electron chi connectivity index (χ3n) is 4.60. The largest absolute Gasteiger partial charge is 0.381 e. The highest BCUT2D eigenvalue weighted by Gasteiger charge is 2.41. The molecular formula is C20H23NO3. The summed E-state index contributed by atoms with van der Waals surface area (Å²) >= 11 is 0. The first-order valence-electron chi connectivity index (χ1n) is 8.27. The molecule has 24 heavy (non-hydrogen) atoms. The van der Waals surface area contributed by atoms with Crippen LogP contribution in [0, 0.1) is 0 Å². The number of carbonyl (C=O) groups is 1. The van der Waals surface area contributed by atoms with E-state index in [2.05, 4.69) is 5.32 Å². The monoisotopic (exact) mass is 325 g/mol. The maximum Gasteiger partial charge on any atom is 0.235 e. The van der Waals surface area contributed by atoms with E-state index in [-0.39, 0.29) is 5.91 Å². The number of benzene rings is 2. The zero-order chi connectivity index (χ0) is 16.8. The molecule has 1 fully saturated rings. The van der Waals surface area contributed by atoms with Crippen molar-refractivity contribution in [2.45, 2.75) is 24.9 Å². The Balaban J connectivity index is 1.86. The Morgan fingerprint density at radius 2 is 1.88 bits per heavy atom. The van der Waals surface area contributed by atoms with Crippen molar-refractivity contribution in [3.8, 4) is 0 Å². The minimum Gasteiger partial charge on any atom is -0.381 e. The number of carbonyl (C=O) groups excluding carboxylic acids is 1. The van der Waals surface area contributed by atoms with E-state index in [0.29, 0.717) is 32.7 Å². The molecule has 1 amide bonds. The Morgan fingerprint density at radius 1 is 1.12 bits per heavy atom. The van der Waals surface area contributed by atoms with Crippen molar-refractivity contribution in [1.29, 1.82) is 0 Å². The van der Waals surface area contributed by atoms with Crippen LogP contribution in [0.1, 0.15) is 24.0 Å². The minimum absolute atomic E-state index is 0.0339. The van der Waals surface area contributed by atoms with Gasteiger partial charge in [-0.2, -0.15) is 0 Å². The van der Waals surface area contributed by atoms with E-state index in [1.807, 2.05) is 54.6 Å². The Bertz CT molecular complexity index is 678. The van der Waals surface area contributed by atoms with E-state index in [0.717, 1.165) is 16.8 Å². The molecule has 0 saturated carbocycles. The third-order valence-corrected chi connectivity index (χ3v) is 4.60. The van der Waals surface area contributed by atoms with Crippen LogP contribution in [0.5, 0.6) is 0 Å². The molecule has 0 spiro atoms. The number of rotatable bonds is 5. The fourth-order valence-electron chi connectivity index (χ4n) is 3.28. The van der Waals surface area contributed by atoms with E-state index in [9.17, 15) is 4.79 Å². The molecule has 0 bridgehead atoms. The Kier molecular flexibility index (Phi) is 5.28. The van der Waals surface area contributed by atoms with Gasteiger partial charge in [-0.1, -0.05) is 42.5 Å². The summed E-state index contributed by atoms with van der Waals surface area (Å²) in [5.41, 5.74) is 2.36. The van der Waals surface area contributed by atoms with Crippen LogP contribution in [0.4, 0.5) is 5.69 Å². The molecule has 0 atom stereocenters. The second-order valence-corrected chi connectivity index (χ2v) is 6.15. The van der Waals surface area contributed by atoms with Gasteiger partial charge < -0.3 is 14.8 Å². The van der Waals surface area contributed by atoms with Crippen LogP contribution in [-0.2, 0) is 26.3 Å². The van der Waals surface area contributed by atoms with E-state index in [1.54, 1.807) is 7.11 Å². The molecule has 4 heteroatoms. The van der Waals surface area contributed by atoms with Crippen LogP contribution in [0.2, 0.25) is 0 Å². The van der Waals surface area contributed by atoms with Gasteiger partial charge in [-0.05, 0) is 36.1 Å². The van der Waals surface area contributed by atoms with Crippen molar-refractivity contribution < 1.29 is 14.3 Å². The van der Waals surface area contributed by atoms with Crippen molar-refractivity contribution in [2.24, 2.45) is 0 Å². The summed E-state index contributed by atoms with van der Waals surface area (Å²) in [7, 11) is 1.66. The lowest BCUT2D eigenvalue weighted by atomic mass is 9.73. The fraction of sp³-hybridized carbons (Fsp3) is 0.350. The first-order valence-corrected chi connectivity index (χ1v) is 8.27. The molecule has 1 saturated heterocycles. The maximum absolute atomic E-state index is 13.2. The van der Waals surface area contributed by atoms with Crippen LogP contribution >= 0.6 is 0 Å². The highest BCUT2D eigenvalue weighted by molar-refractivity contribution is 5.99. The number of hydrogen-bond acceptors (Lipinski definition) is 3. The first-order chi connectivity index (χ1) is 11.7. The van der Waals surface area contributed by atoms with Gasteiger partial charge in [-0.25, -0.2) is 0 Å². The summed E-state index contributed by atoms with van der Waals surface area (Å²) in [5, 5.41) is 3.10. The zero-order valence-electron chi connectivity index (χ0n) is 14.0. The number of nitrogens with one attached hydrogen (secondary N) is 1. The van der Waals surface area contributed by atoms with Gasteiger partial charge in [-0.15, -0.1) is 0 Å². The van der Waals surface area contributed by atoms with Gasteiger partial charge in [0, 0.05) is 26.0 Å². The molecule has 3 rings (SSSR count). The van der Waals surface area contributed by atoms with Crippen LogP contribution in [0.15, 0.2) is 54.6 Å². The smallest absolute Gasteiger partial charge is 0.235 e.